The van der Waals surface area contributed by atoms with Gasteiger partial charge in [-0.05, 0) is 37.8 Å². The summed E-state index contributed by atoms with van der Waals surface area (Å²) in [6.45, 7) is 0. The van der Waals surface area contributed by atoms with Crippen LogP contribution in [-0.2, 0) is 4.74 Å². The summed E-state index contributed by atoms with van der Waals surface area (Å²) in [5.41, 5.74) is -0.0592. The number of aromatic amines is 1. The molecule has 5 heteroatoms. The highest BCUT2D eigenvalue weighted by Crippen LogP contribution is 2.37. The number of hydrogen-bond donors (Lipinski definition) is 1. The fraction of sp³-hybridized carbons (Fsp3) is 0.571. The van der Waals surface area contributed by atoms with Crippen molar-refractivity contribution in [2.24, 2.45) is 0 Å². The topological polar surface area (TPSA) is 62.4 Å². The smallest absolute Gasteiger partial charge is 0.260 e. The zero-order valence-electron chi connectivity index (χ0n) is 11.0. The number of carbonyl (C=O) groups is 1. The van der Waals surface area contributed by atoms with Crippen LogP contribution in [0.1, 0.15) is 36.0 Å². The first kappa shape index (κ1) is 12.4. The molecule has 1 aromatic rings. The van der Waals surface area contributed by atoms with Crippen molar-refractivity contribution in [2.45, 2.75) is 43.9 Å². The Bertz CT molecular complexity index is 525. The number of H-pyrrole nitrogens is 1. The molecule has 0 aromatic carbocycles. The normalized spacial score (nSPS) is 29.5. The summed E-state index contributed by atoms with van der Waals surface area (Å²) in [5, 5.41) is 0. The molecule has 2 fully saturated rings. The molecule has 3 rings (SSSR count). The lowest BCUT2D eigenvalue weighted by Crippen LogP contribution is -2.49. The first-order valence-corrected chi connectivity index (χ1v) is 6.74. The van der Waals surface area contributed by atoms with E-state index in [1.165, 1.54) is 0 Å². The predicted octanol–water partition coefficient (Wildman–Crippen LogP) is 1.16. The standard InChI is InChI=1S/C14H18N2O3/c1-19-11-7-9-4-5-10(8-11)16(9)14(18)12-3-2-6-15-13(12)17/h2-3,6,9-11H,4-5,7-8H2,1H3,(H,15,17). The number of hydrogen-bond acceptors (Lipinski definition) is 3. The molecule has 1 aromatic heterocycles. The van der Waals surface area contributed by atoms with Crippen LogP contribution < -0.4 is 5.56 Å². The summed E-state index contributed by atoms with van der Waals surface area (Å²) in [5.74, 6) is -0.135. The molecule has 2 unspecified atom stereocenters. The van der Waals surface area contributed by atoms with E-state index in [1.807, 2.05) is 4.90 Å². The van der Waals surface area contributed by atoms with Crippen LogP contribution in [0.3, 0.4) is 0 Å². The molecular formula is C14H18N2O3. The zero-order valence-corrected chi connectivity index (χ0v) is 11.0. The van der Waals surface area contributed by atoms with Crippen LogP contribution in [0, 0.1) is 0 Å². The Balaban J connectivity index is 1.86. The second kappa shape index (κ2) is 4.81. The summed E-state index contributed by atoms with van der Waals surface area (Å²) in [6, 6.07) is 3.73. The molecule has 2 aliphatic heterocycles. The summed E-state index contributed by atoms with van der Waals surface area (Å²) in [7, 11) is 1.73. The molecule has 102 valence electrons. The van der Waals surface area contributed by atoms with E-state index in [1.54, 1.807) is 25.4 Å². The molecule has 2 bridgehead atoms. The number of rotatable bonds is 2. The van der Waals surface area contributed by atoms with E-state index in [4.69, 9.17) is 4.74 Å². The van der Waals surface area contributed by atoms with Crippen LogP contribution in [-0.4, -0.2) is 41.1 Å². The number of amides is 1. The van der Waals surface area contributed by atoms with Gasteiger partial charge in [-0.15, -0.1) is 0 Å². The van der Waals surface area contributed by atoms with Crippen molar-refractivity contribution in [3.05, 3.63) is 34.2 Å². The first-order valence-electron chi connectivity index (χ1n) is 6.74. The molecule has 5 nitrogen and oxygen atoms in total. The van der Waals surface area contributed by atoms with Crippen molar-refractivity contribution in [3.8, 4) is 0 Å². The molecule has 0 aliphatic carbocycles. The van der Waals surface area contributed by atoms with Crippen LogP contribution >= 0.6 is 0 Å². The third-order valence-corrected chi connectivity index (χ3v) is 4.31. The van der Waals surface area contributed by atoms with Crippen molar-refractivity contribution < 1.29 is 9.53 Å². The van der Waals surface area contributed by atoms with Crippen molar-refractivity contribution in [1.82, 2.24) is 9.88 Å². The molecule has 3 heterocycles. The average molecular weight is 262 g/mol. The highest BCUT2D eigenvalue weighted by Gasteiger charge is 2.43. The highest BCUT2D eigenvalue weighted by molar-refractivity contribution is 5.94. The predicted molar refractivity (Wildman–Crippen MR) is 70.1 cm³/mol. The number of carbonyl (C=O) groups excluding carboxylic acids is 1. The lowest BCUT2D eigenvalue weighted by molar-refractivity contribution is 0.00814. The molecule has 0 radical (unpaired) electrons. The number of aromatic nitrogens is 1. The average Bonchev–Trinajstić information content (AvgIpc) is 2.69. The number of pyridine rings is 1. The summed E-state index contributed by atoms with van der Waals surface area (Å²) >= 11 is 0. The third kappa shape index (κ3) is 2.08. The van der Waals surface area contributed by atoms with E-state index < -0.39 is 0 Å². The largest absolute Gasteiger partial charge is 0.381 e. The Morgan fingerprint density at radius 1 is 1.37 bits per heavy atom. The fourth-order valence-electron chi connectivity index (χ4n) is 3.38. The van der Waals surface area contributed by atoms with E-state index in [9.17, 15) is 9.59 Å². The van der Waals surface area contributed by atoms with Gasteiger partial charge in [-0.25, -0.2) is 0 Å². The Morgan fingerprint density at radius 3 is 2.63 bits per heavy atom. The van der Waals surface area contributed by atoms with Gasteiger partial charge >= 0.3 is 0 Å². The van der Waals surface area contributed by atoms with Gasteiger partial charge in [0.2, 0.25) is 0 Å². The van der Waals surface area contributed by atoms with Crippen LogP contribution in [0.2, 0.25) is 0 Å². The molecule has 1 amide bonds. The van der Waals surface area contributed by atoms with Gasteiger partial charge in [-0.2, -0.15) is 0 Å². The number of methoxy groups -OCH3 is 1. The van der Waals surface area contributed by atoms with Crippen LogP contribution in [0.25, 0.3) is 0 Å². The second-order valence-electron chi connectivity index (χ2n) is 5.34. The Labute approximate surface area is 111 Å². The number of piperidine rings is 1. The minimum atomic E-state index is -0.305. The lowest BCUT2D eigenvalue weighted by Gasteiger charge is -2.38. The Kier molecular flexibility index (Phi) is 3.14. The van der Waals surface area contributed by atoms with E-state index >= 15 is 0 Å². The molecule has 1 N–H and O–H groups in total. The molecule has 0 spiro atoms. The van der Waals surface area contributed by atoms with Gasteiger partial charge in [0.05, 0.1) is 6.10 Å². The summed E-state index contributed by atoms with van der Waals surface area (Å²) in [4.78, 5) is 28.7. The summed E-state index contributed by atoms with van der Waals surface area (Å²) < 4.78 is 5.42. The molecular weight excluding hydrogens is 244 g/mol. The maximum atomic E-state index is 12.5. The second-order valence-corrected chi connectivity index (χ2v) is 5.34. The SMILES string of the molecule is COC1CC2CCC(C1)N2C(=O)c1ccc[nH]c1=O. The van der Waals surface area contributed by atoms with Crippen LogP contribution in [0.15, 0.2) is 23.1 Å². The van der Waals surface area contributed by atoms with E-state index in [-0.39, 0.29) is 35.2 Å². The minimum Gasteiger partial charge on any atom is -0.381 e. The van der Waals surface area contributed by atoms with Gasteiger partial charge in [0.15, 0.2) is 0 Å². The van der Waals surface area contributed by atoms with Gasteiger partial charge < -0.3 is 14.6 Å². The molecule has 2 atom stereocenters. The number of nitrogens with zero attached hydrogens (tertiary/aromatic N) is 1. The first-order chi connectivity index (χ1) is 9.20. The van der Waals surface area contributed by atoms with E-state index in [0.717, 1.165) is 25.7 Å². The maximum absolute atomic E-state index is 12.5. The van der Waals surface area contributed by atoms with Crippen molar-refractivity contribution in [3.63, 3.8) is 0 Å². The van der Waals surface area contributed by atoms with Crippen molar-refractivity contribution >= 4 is 5.91 Å². The maximum Gasteiger partial charge on any atom is 0.260 e. The fourth-order valence-corrected chi connectivity index (χ4v) is 3.38. The van der Waals surface area contributed by atoms with Gasteiger partial charge in [0.25, 0.3) is 11.5 Å². The van der Waals surface area contributed by atoms with Crippen molar-refractivity contribution in [2.75, 3.05) is 7.11 Å². The monoisotopic (exact) mass is 262 g/mol. The number of ether oxygens (including phenoxy) is 1. The lowest BCUT2D eigenvalue weighted by atomic mass is 9.98. The zero-order chi connectivity index (χ0) is 13.4. The van der Waals surface area contributed by atoms with Crippen LogP contribution in [0.5, 0.6) is 0 Å². The van der Waals surface area contributed by atoms with Crippen LogP contribution in [0.4, 0.5) is 0 Å². The molecule has 2 saturated heterocycles. The van der Waals surface area contributed by atoms with Gasteiger partial charge in [0, 0.05) is 25.4 Å². The molecule has 19 heavy (non-hydrogen) atoms. The highest BCUT2D eigenvalue weighted by atomic mass is 16.5. The van der Waals surface area contributed by atoms with E-state index in [2.05, 4.69) is 4.98 Å². The van der Waals surface area contributed by atoms with Gasteiger partial charge in [-0.3, -0.25) is 9.59 Å². The quantitative estimate of drug-likeness (QED) is 0.870. The molecule has 2 aliphatic rings. The number of fused-ring (bicyclic) bond motifs is 2. The Hall–Kier alpha value is -1.62. The Morgan fingerprint density at radius 2 is 2.05 bits per heavy atom. The van der Waals surface area contributed by atoms with E-state index in [0.29, 0.717) is 0 Å². The minimum absolute atomic E-state index is 0.135. The van der Waals surface area contributed by atoms with Gasteiger partial charge in [-0.1, -0.05) is 0 Å². The summed E-state index contributed by atoms with van der Waals surface area (Å²) in [6.07, 6.45) is 5.58. The van der Waals surface area contributed by atoms with Gasteiger partial charge in [0.1, 0.15) is 5.56 Å². The van der Waals surface area contributed by atoms with Crippen molar-refractivity contribution in [1.29, 1.82) is 0 Å². The third-order valence-electron chi connectivity index (χ3n) is 4.31. The molecule has 0 saturated carbocycles. The number of nitrogens with one attached hydrogen (secondary N) is 1.